The van der Waals surface area contributed by atoms with Crippen LogP contribution in [0.3, 0.4) is 0 Å². The van der Waals surface area contributed by atoms with Crippen LogP contribution in [-0.2, 0) is 10.5 Å². The third-order valence-electron chi connectivity index (χ3n) is 3.68. The predicted octanol–water partition coefficient (Wildman–Crippen LogP) is 2.52. The molecule has 0 aromatic heterocycles. The molecule has 2 heteroatoms. The molecule has 0 amide bonds. The summed E-state index contributed by atoms with van der Waals surface area (Å²) in [5.74, 6) is 0. The fraction of sp³-hybridized carbons (Fsp3) is 0.429. The van der Waals surface area contributed by atoms with Crippen molar-refractivity contribution in [3.8, 4) is 0 Å². The van der Waals surface area contributed by atoms with Gasteiger partial charge in [0.25, 0.3) is 0 Å². The fourth-order valence-corrected chi connectivity index (χ4v) is 2.84. The molecule has 0 saturated carbocycles. The molecule has 0 aliphatic carbocycles. The van der Waals surface area contributed by atoms with E-state index in [9.17, 15) is 0 Å². The molecule has 1 aromatic rings. The Labute approximate surface area is 96.5 Å². The van der Waals surface area contributed by atoms with Crippen molar-refractivity contribution in [3.05, 3.63) is 48.6 Å². The van der Waals surface area contributed by atoms with Crippen molar-refractivity contribution in [1.82, 2.24) is 4.90 Å². The van der Waals surface area contributed by atoms with Crippen molar-refractivity contribution >= 4 is 0 Å². The van der Waals surface area contributed by atoms with Gasteiger partial charge in [-0.3, -0.25) is 4.90 Å². The van der Waals surface area contributed by atoms with Crippen LogP contribution in [0, 0.1) is 0 Å². The van der Waals surface area contributed by atoms with E-state index < -0.39 is 0 Å². The molecular formula is C14H17NO. The van der Waals surface area contributed by atoms with Gasteiger partial charge in [-0.15, -0.1) is 6.58 Å². The van der Waals surface area contributed by atoms with E-state index in [0.717, 1.165) is 13.0 Å². The highest BCUT2D eigenvalue weighted by Gasteiger charge is 2.60. The summed E-state index contributed by atoms with van der Waals surface area (Å²) in [4.78, 5) is 2.44. The lowest BCUT2D eigenvalue weighted by Crippen LogP contribution is -2.35. The van der Waals surface area contributed by atoms with Gasteiger partial charge < -0.3 is 4.74 Å². The van der Waals surface area contributed by atoms with Gasteiger partial charge in [-0.2, -0.15) is 0 Å². The summed E-state index contributed by atoms with van der Waals surface area (Å²) in [6.07, 6.45) is 3.15. The summed E-state index contributed by atoms with van der Waals surface area (Å²) in [5.41, 5.74) is 1.01. The topological polar surface area (TPSA) is 12.2 Å². The maximum atomic E-state index is 6.19. The van der Waals surface area contributed by atoms with E-state index in [0.29, 0.717) is 12.1 Å². The largest absolute Gasteiger partial charge is 0.351 e. The third-order valence-corrected chi connectivity index (χ3v) is 3.68. The highest BCUT2D eigenvalue weighted by atomic mass is 16.5. The second-order valence-corrected chi connectivity index (χ2v) is 4.69. The monoisotopic (exact) mass is 215 g/mol. The molecule has 2 fully saturated rings. The minimum absolute atomic E-state index is 0.243. The van der Waals surface area contributed by atoms with E-state index in [1.165, 1.54) is 5.56 Å². The molecule has 2 aliphatic heterocycles. The van der Waals surface area contributed by atoms with Crippen molar-refractivity contribution < 1.29 is 4.74 Å². The molecule has 4 atom stereocenters. The first-order valence-electron chi connectivity index (χ1n) is 5.89. The Hall–Kier alpha value is -1.12. The second-order valence-electron chi connectivity index (χ2n) is 4.69. The van der Waals surface area contributed by atoms with E-state index in [1.807, 2.05) is 12.1 Å². The Morgan fingerprint density at radius 3 is 2.75 bits per heavy atom. The van der Waals surface area contributed by atoms with Crippen LogP contribution in [-0.4, -0.2) is 23.6 Å². The van der Waals surface area contributed by atoms with Gasteiger partial charge in [0.1, 0.15) is 0 Å². The zero-order chi connectivity index (χ0) is 11.2. The van der Waals surface area contributed by atoms with E-state index in [4.69, 9.17) is 4.74 Å². The highest BCUT2D eigenvalue weighted by molar-refractivity contribution is 5.28. The van der Waals surface area contributed by atoms with Gasteiger partial charge in [0, 0.05) is 13.0 Å². The van der Waals surface area contributed by atoms with Crippen LogP contribution in [0.1, 0.15) is 18.9 Å². The van der Waals surface area contributed by atoms with E-state index in [2.05, 4.69) is 42.7 Å². The van der Waals surface area contributed by atoms with Crippen LogP contribution in [0.25, 0.3) is 0 Å². The molecular weight excluding hydrogens is 198 g/mol. The summed E-state index contributed by atoms with van der Waals surface area (Å²) in [7, 11) is 0. The SMILES string of the molecule is C=CC[C@]1(c2ccccc2)O[C@@H](C)[C@H]2CN21. The number of benzene rings is 1. The zero-order valence-electron chi connectivity index (χ0n) is 9.60. The minimum Gasteiger partial charge on any atom is -0.351 e. The fourth-order valence-electron chi connectivity index (χ4n) is 2.84. The molecule has 2 nitrogen and oxygen atoms in total. The molecule has 0 radical (unpaired) electrons. The van der Waals surface area contributed by atoms with Gasteiger partial charge in [-0.25, -0.2) is 0 Å². The molecule has 84 valence electrons. The highest BCUT2D eigenvalue weighted by Crippen LogP contribution is 2.50. The summed E-state index contributed by atoms with van der Waals surface area (Å²) < 4.78 is 6.19. The van der Waals surface area contributed by atoms with Gasteiger partial charge in [-0.1, -0.05) is 36.4 Å². The normalized spacial score (nSPS) is 40.4. The van der Waals surface area contributed by atoms with Crippen molar-refractivity contribution in [3.63, 3.8) is 0 Å². The molecule has 0 N–H and O–H groups in total. The average Bonchev–Trinajstić information content (AvgIpc) is 3.05. The van der Waals surface area contributed by atoms with Crippen LogP contribution in [0.4, 0.5) is 0 Å². The molecule has 1 unspecified atom stereocenters. The molecule has 3 rings (SSSR count). The zero-order valence-corrected chi connectivity index (χ0v) is 9.60. The first-order valence-corrected chi connectivity index (χ1v) is 5.89. The van der Waals surface area contributed by atoms with Gasteiger partial charge in [-0.05, 0) is 12.5 Å². The second kappa shape index (κ2) is 3.44. The minimum atomic E-state index is -0.243. The van der Waals surface area contributed by atoms with Crippen molar-refractivity contribution in [1.29, 1.82) is 0 Å². The van der Waals surface area contributed by atoms with Gasteiger partial charge >= 0.3 is 0 Å². The van der Waals surface area contributed by atoms with E-state index >= 15 is 0 Å². The van der Waals surface area contributed by atoms with Crippen LogP contribution in [0.2, 0.25) is 0 Å². The molecule has 1 aromatic carbocycles. The van der Waals surface area contributed by atoms with Crippen LogP contribution >= 0.6 is 0 Å². The quantitative estimate of drug-likeness (QED) is 0.567. The van der Waals surface area contributed by atoms with Gasteiger partial charge in [0.05, 0.1) is 12.1 Å². The van der Waals surface area contributed by atoms with Crippen molar-refractivity contribution in [2.24, 2.45) is 0 Å². The Bertz CT molecular complexity index is 402. The maximum absolute atomic E-state index is 6.19. The Morgan fingerprint density at radius 1 is 1.50 bits per heavy atom. The first kappa shape index (κ1) is 10.1. The molecule has 16 heavy (non-hydrogen) atoms. The van der Waals surface area contributed by atoms with Gasteiger partial charge in [0.2, 0.25) is 0 Å². The van der Waals surface area contributed by atoms with E-state index in [1.54, 1.807) is 0 Å². The Balaban J connectivity index is 2.01. The lowest BCUT2D eigenvalue weighted by atomic mass is 9.99. The predicted molar refractivity (Wildman–Crippen MR) is 64.0 cm³/mol. The number of nitrogens with zero attached hydrogens (tertiary/aromatic N) is 1. The lowest BCUT2D eigenvalue weighted by molar-refractivity contribution is -0.0975. The van der Waals surface area contributed by atoms with Crippen LogP contribution < -0.4 is 0 Å². The lowest BCUT2D eigenvalue weighted by Gasteiger charge is -2.32. The van der Waals surface area contributed by atoms with Crippen LogP contribution in [0.15, 0.2) is 43.0 Å². The standard InChI is InChI=1S/C14H17NO/c1-3-9-14(12-7-5-4-6-8-12)15-10-13(15)11(2)16-14/h3-8,11,13H,1,9-10H2,2H3/t11-,13+,14+,15?/m0/s1. The number of hydrogen-bond donors (Lipinski definition) is 0. The summed E-state index contributed by atoms with van der Waals surface area (Å²) in [6.45, 7) is 7.19. The number of fused-ring (bicyclic) bond motifs is 1. The average molecular weight is 215 g/mol. The van der Waals surface area contributed by atoms with Gasteiger partial charge in [0.15, 0.2) is 5.72 Å². The van der Waals surface area contributed by atoms with Crippen LogP contribution in [0.5, 0.6) is 0 Å². The Kier molecular flexibility index (Phi) is 2.16. The molecule has 0 bridgehead atoms. The molecule has 2 aliphatic rings. The number of ether oxygens (including phenoxy) is 1. The van der Waals surface area contributed by atoms with Crippen molar-refractivity contribution in [2.45, 2.75) is 31.2 Å². The summed E-state index contributed by atoms with van der Waals surface area (Å²) in [5, 5.41) is 0. The number of rotatable bonds is 3. The number of hydrogen-bond acceptors (Lipinski definition) is 2. The van der Waals surface area contributed by atoms with Crippen molar-refractivity contribution in [2.75, 3.05) is 6.54 Å². The summed E-state index contributed by atoms with van der Waals surface area (Å²) in [6, 6.07) is 11.1. The van der Waals surface area contributed by atoms with E-state index in [-0.39, 0.29) is 5.72 Å². The molecule has 2 saturated heterocycles. The summed E-state index contributed by atoms with van der Waals surface area (Å²) >= 11 is 0. The maximum Gasteiger partial charge on any atom is 0.152 e. The molecule has 0 spiro atoms. The Morgan fingerprint density at radius 2 is 2.25 bits per heavy atom. The molecule has 2 heterocycles. The third kappa shape index (κ3) is 1.27. The smallest absolute Gasteiger partial charge is 0.152 e. The first-order chi connectivity index (χ1) is 7.78.